The van der Waals surface area contributed by atoms with E-state index in [0.717, 1.165) is 12.2 Å². The number of rotatable bonds is 1. The van der Waals surface area contributed by atoms with E-state index < -0.39 is 0 Å². The zero-order valence-electron chi connectivity index (χ0n) is 8.17. The van der Waals surface area contributed by atoms with E-state index in [4.69, 9.17) is 11.6 Å². The Morgan fingerprint density at radius 3 is 3.00 bits per heavy atom. The molecule has 1 aromatic rings. The number of hydrogen-bond acceptors (Lipinski definition) is 2. The normalized spacial score (nSPS) is 23.1. The number of nitrogens with zero attached hydrogens (tertiary/aromatic N) is 1. The van der Waals surface area contributed by atoms with Crippen molar-refractivity contribution in [2.24, 2.45) is 0 Å². The predicted molar refractivity (Wildman–Crippen MR) is 58.5 cm³/mol. The van der Waals surface area contributed by atoms with Crippen molar-refractivity contribution in [2.45, 2.75) is 31.7 Å². The van der Waals surface area contributed by atoms with Crippen LogP contribution in [0.4, 0.5) is 0 Å². The molecule has 0 amide bonds. The average Bonchev–Trinajstić information content (AvgIpc) is 2.47. The highest BCUT2D eigenvalue weighted by molar-refractivity contribution is 6.30. The lowest BCUT2D eigenvalue weighted by molar-refractivity contribution is 0.522. The zero-order chi connectivity index (χ0) is 9.80. The number of aromatic nitrogens is 1. The monoisotopic (exact) mass is 210 g/mol. The molecule has 1 aliphatic rings. The molecule has 1 N–H and O–H groups in total. The van der Waals surface area contributed by atoms with Gasteiger partial charge in [-0.15, -0.1) is 0 Å². The number of hydrogen-bond donors (Lipinski definition) is 1. The van der Waals surface area contributed by atoms with Crippen LogP contribution in [0.25, 0.3) is 0 Å². The Hall–Kier alpha value is -0.600. The molecule has 3 heteroatoms. The first kappa shape index (κ1) is 9.94. The fourth-order valence-corrected chi connectivity index (χ4v) is 1.99. The molecule has 1 aromatic heterocycles. The molecular weight excluding hydrogens is 196 g/mol. The summed E-state index contributed by atoms with van der Waals surface area (Å²) in [6.45, 7) is 1.11. The minimum atomic E-state index is 0.426. The van der Waals surface area contributed by atoms with Crippen LogP contribution in [0.1, 0.15) is 37.4 Å². The van der Waals surface area contributed by atoms with Crippen molar-refractivity contribution in [1.29, 1.82) is 0 Å². The summed E-state index contributed by atoms with van der Waals surface area (Å²) < 4.78 is 0. The van der Waals surface area contributed by atoms with Crippen LogP contribution in [0.3, 0.4) is 0 Å². The molecule has 1 atom stereocenters. The molecule has 0 aromatic carbocycles. The van der Waals surface area contributed by atoms with E-state index in [9.17, 15) is 0 Å². The third-order valence-corrected chi connectivity index (χ3v) is 2.89. The molecule has 1 unspecified atom stereocenters. The molecule has 0 aliphatic carbocycles. The van der Waals surface area contributed by atoms with Crippen LogP contribution in [0.15, 0.2) is 18.3 Å². The summed E-state index contributed by atoms with van der Waals surface area (Å²) >= 11 is 5.80. The van der Waals surface area contributed by atoms with Gasteiger partial charge >= 0.3 is 0 Å². The van der Waals surface area contributed by atoms with E-state index in [-0.39, 0.29) is 0 Å². The van der Waals surface area contributed by atoms with E-state index in [1.165, 1.54) is 25.7 Å². The maximum absolute atomic E-state index is 5.80. The van der Waals surface area contributed by atoms with Gasteiger partial charge in [-0.25, -0.2) is 0 Å². The molecular formula is C11H15ClN2. The number of nitrogens with one attached hydrogen (secondary N) is 1. The highest BCUT2D eigenvalue weighted by Gasteiger charge is 2.14. The van der Waals surface area contributed by atoms with Crippen LogP contribution in [0.2, 0.25) is 5.02 Å². The van der Waals surface area contributed by atoms with E-state index >= 15 is 0 Å². The lowest BCUT2D eigenvalue weighted by Gasteiger charge is -2.14. The topological polar surface area (TPSA) is 24.9 Å². The molecule has 2 nitrogen and oxygen atoms in total. The zero-order valence-corrected chi connectivity index (χ0v) is 8.93. The van der Waals surface area contributed by atoms with Gasteiger partial charge in [-0.1, -0.05) is 24.4 Å². The summed E-state index contributed by atoms with van der Waals surface area (Å²) in [7, 11) is 0. The maximum Gasteiger partial charge on any atom is 0.0589 e. The van der Waals surface area contributed by atoms with Crippen LogP contribution in [0.5, 0.6) is 0 Å². The third kappa shape index (κ3) is 2.46. The van der Waals surface area contributed by atoms with Gasteiger partial charge in [0.1, 0.15) is 0 Å². The average molecular weight is 211 g/mol. The Morgan fingerprint density at radius 2 is 2.21 bits per heavy atom. The first-order valence-electron chi connectivity index (χ1n) is 5.21. The van der Waals surface area contributed by atoms with Crippen LogP contribution in [-0.2, 0) is 0 Å². The highest BCUT2D eigenvalue weighted by Crippen LogP contribution is 2.21. The summed E-state index contributed by atoms with van der Waals surface area (Å²) in [4.78, 5) is 4.35. The van der Waals surface area contributed by atoms with Gasteiger partial charge in [0.25, 0.3) is 0 Å². The molecule has 0 spiro atoms. The first-order chi connectivity index (χ1) is 6.86. The fraction of sp³-hybridized carbons (Fsp3) is 0.545. The van der Waals surface area contributed by atoms with Crippen LogP contribution >= 0.6 is 11.6 Å². The van der Waals surface area contributed by atoms with E-state index in [0.29, 0.717) is 11.1 Å². The lowest BCUT2D eigenvalue weighted by Crippen LogP contribution is -2.21. The Morgan fingerprint density at radius 1 is 1.29 bits per heavy atom. The van der Waals surface area contributed by atoms with Gasteiger partial charge in [-0.05, 0) is 31.5 Å². The summed E-state index contributed by atoms with van der Waals surface area (Å²) in [5, 5.41) is 4.22. The van der Waals surface area contributed by atoms with Crippen molar-refractivity contribution >= 4 is 11.6 Å². The highest BCUT2D eigenvalue weighted by atomic mass is 35.5. The summed E-state index contributed by atoms with van der Waals surface area (Å²) in [5.41, 5.74) is 1.12. The van der Waals surface area contributed by atoms with Gasteiger partial charge in [-0.2, -0.15) is 0 Å². The van der Waals surface area contributed by atoms with Gasteiger partial charge < -0.3 is 5.32 Å². The molecule has 2 rings (SSSR count). The van der Waals surface area contributed by atoms with Gasteiger partial charge in [0.15, 0.2) is 0 Å². The molecule has 1 aliphatic heterocycles. The molecule has 1 saturated heterocycles. The minimum Gasteiger partial charge on any atom is -0.309 e. The molecule has 2 heterocycles. The van der Waals surface area contributed by atoms with Gasteiger partial charge in [0.05, 0.1) is 10.7 Å². The number of halogens is 1. The quantitative estimate of drug-likeness (QED) is 0.771. The Balaban J connectivity index is 2.08. The van der Waals surface area contributed by atoms with Crippen LogP contribution in [-0.4, -0.2) is 11.5 Å². The van der Waals surface area contributed by atoms with E-state index in [1.807, 2.05) is 12.1 Å². The molecule has 0 bridgehead atoms. The largest absolute Gasteiger partial charge is 0.309 e. The minimum absolute atomic E-state index is 0.426. The third-order valence-electron chi connectivity index (χ3n) is 2.67. The van der Waals surface area contributed by atoms with Gasteiger partial charge in [-0.3, -0.25) is 4.98 Å². The van der Waals surface area contributed by atoms with Crippen molar-refractivity contribution < 1.29 is 0 Å². The van der Waals surface area contributed by atoms with Gasteiger partial charge in [0.2, 0.25) is 0 Å². The maximum atomic E-state index is 5.80. The lowest BCUT2D eigenvalue weighted by atomic mass is 10.1. The summed E-state index contributed by atoms with van der Waals surface area (Å²) in [5.74, 6) is 0. The second-order valence-electron chi connectivity index (χ2n) is 3.76. The van der Waals surface area contributed by atoms with Crippen LogP contribution < -0.4 is 5.32 Å². The van der Waals surface area contributed by atoms with Crippen molar-refractivity contribution in [3.63, 3.8) is 0 Å². The first-order valence-corrected chi connectivity index (χ1v) is 5.59. The molecule has 76 valence electrons. The Kier molecular flexibility index (Phi) is 3.38. The Labute approximate surface area is 89.7 Å². The smallest absolute Gasteiger partial charge is 0.0589 e. The standard InChI is InChI=1S/C11H15ClN2/c12-9-5-6-11(14-8-9)10-4-2-1-3-7-13-10/h5-6,8,10,13H,1-4,7H2. The van der Waals surface area contributed by atoms with Crippen molar-refractivity contribution in [1.82, 2.24) is 10.3 Å². The SMILES string of the molecule is Clc1ccc(C2CCCCCN2)nc1. The summed E-state index contributed by atoms with van der Waals surface area (Å²) in [6, 6.07) is 4.36. The Bertz CT molecular complexity index is 276. The second kappa shape index (κ2) is 4.76. The molecule has 14 heavy (non-hydrogen) atoms. The number of pyridine rings is 1. The van der Waals surface area contributed by atoms with E-state index in [1.54, 1.807) is 6.20 Å². The van der Waals surface area contributed by atoms with E-state index in [2.05, 4.69) is 10.3 Å². The van der Waals surface area contributed by atoms with Crippen molar-refractivity contribution in [2.75, 3.05) is 6.54 Å². The fourth-order valence-electron chi connectivity index (χ4n) is 1.87. The van der Waals surface area contributed by atoms with Crippen molar-refractivity contribution in [3.05, 3.63) is 29.0 Å². The molecule has 1 fully saturated rings. The summed E-state index contributed by atoms with van der Waals surface area (Å²) in [6.07, 6.45) is 6.82. The molecule has 0 saturated carbocycles. The molecule has 0 radical (unpaired) electrons. The predicted octanol–water partition coefficient (Wildman–Crippen LogP) is 2.94. The van der Waals surface area contributed by atoms with Gasteiger partial charge in [0, 0.05) is 12.2 Å². The van der Waals surface area contributed by atoms with Crippen molar-refractivity contribution in [3.8, 4) is 0 Å². The second-order valence-corrected chi connectivity index (χ2v) is 4.19. The van der Waals surface area contributed by atoms with Crippen LogP contribution in [0, 0.1) is 0 Å².